The minimum Gasteiger partial charge on any atom is -0.339 e. The Bertz CT molecular complexity index is 603. The van der Waals surface area contributed by atoms with Crippen molar-refractivity contribution < 1.29 is 4.52 Å². The molecule has 1 aromatic heterocycles. The SMILES string of the molecule is Cc1ccccc1SCc1noc(C(C)CCC#N)n1. The molecule has 0 saturated carbocycles. The van der Waals surface area contributed by atoms with Crippen LogP contribution in [0.15, 0.2) is 33.7 Å². The molecule has 0 N–H and O–H groups in total. The molecule has 0 aliphatic heterocycles. The van der Waals surface area contributed by atoms with Gasteiger partial charge in [-0.05, 0) is 25.0 Å². The molecule has 4 nitrogen and oxygen atoms in total. The van der Waals surface area contributed by atoms with Gasteiger partial charge in [-0.2, -0.15) is 10.2 Å². The van der Waals surface area contributed by atoms with E-state index >= 15 is 0 Å². The van der Waals surface area contributed by atoms with E-state index in [1.807, 2.05) is 19.1 Å². The molecular formula is C15H17N3OS. The third kappa shape index (κ3) is 3.84. The summed E-state index contributed by atoms with van der Waals surface area (Å²) < 4.78 is 5.26. The number of nitrogens with zero attached hydrogens (tertiary/aromatic N) is 3. The smallest absolute Gasteiger partial charge is 0.229 e. The first-order chi connectivity index (χ1) is 9.70. The lowest BCUT2D eigenvalue weighted by atomic mass is 10.1. The average molecular weight is 287 g/mol. The van der Waals surface area contributed by atoms with Gasteiger partial charge in [0.2, 0.25) is 5.89 Å². The number of benzene rings is 1. The van der Waals surface area contributed by atoms with Gasteiger partial charge in [0.15, 0.2) is 5.82 Å². The molecule has 0 amide bonds. The normalized spacial score (nSPS) is 12.1. The zero-order valence-electron chi connectivity index (χ0n) is 11.7. The van der Waals surface area contributed by atoms with Gasteiger partial charge in [-0.15, -0.1) is 11.8 Å². The van der Waals surface area contributed by atoms with Crippen molar-refractivity contribution in [3.8, 4) is 6.07 Å². The molecule has 0 bridgehead atoms. The average Bonchev–Trinajstić information content (AvgIpc) is 2.93. The summed E-state index contributed by atoms with van der Waals surface area (Å²) >= 11 is 1.71. The number of rotatable bonds is 6. The molecule has 0 spiro atoms. The Morgan fingerprint density at radius 2 is 2.20 bits per heavy atom. The van der Waals surface area contributed by atoms with E-state index in [-0.39, 0.29) is 5.92 Å². The third-order valence-electron chi connectivity index (χ3n) is 3.04. The zero-order chi connectivity index (χ0) is 14.4. The van der Waals surface area contributed by atoms with Gasteiger partial charge in [-0.1, -0.05) is 30.3 Å². The Morgan fingerprint density at radius 3 is 2.95 bits per heavy atom. The minimum atomic E-state index is 0.138. The lowest BCUT2D eigenvalue weighted by Crippen LogP contribution is -1.94. The second-order valence-corrected chi connectivity index (χ2v) is 5.72. The lowest BCUT2D eigenvalue weighted by Gasteiger charge is -2.02. The van der Waals surface area contributed by atoms with Crippen molar-refractivity contribution >= 4 is 11.8 Å². The van der Waals surface area contributed by atoms with Crippen molar-refractivity contribution in [1.29, 1.82) is 5.26 Å². The van der Waals surface area contributed by atoms with Gasteiger partial charge in [0.25, 0.3) is 0 Å². The summed E-state index contributed by atoms with van der Waals surface area (Å²) in [5, 5.41) is 12.6. The largest absolute Gasteiger partial charge is 0.339 e. The fourth-order valence-electron chi connectivity index (χ4n) is 1.79. The van der Waals surface area contributed by atoms with E-state index in [4.69, 9.17) is 9.78 Å². The van der Waals surface area contributed by atoms with Crippen molar-refractivity contribution in [2.45, 2.75) is 43.3 Å². The monoisotopic (exact) mass is 287 g/mol. The van der Waals surface area contributed by atoms with Gasteiger partial charge >= 0.3 is 0 Å². The van der Waals surface area contributed by atoms with E-state index in [0.29, 0.717) is 23.9 Å². The number of hydrogen-bond acceptors (Lipinski definition) is 5. The molecule has 1 unspecified atom stereocenters. The Hall–Kier alpha value is -1.80. The lowest BCUT2D eigenvalue weighted by molar-refractivity contribution is 0.351. The number of hydrogen-bond donors (Lipinski definition) is 0. The van der Waals surface area contributed by atoms with Crippen molar-refractivity contribution in [3.63, 3.8) is 0 Å². The summed E-state index contributed by atoms with van der Waals surface area (Å²) in [6.07, 6.45) is 1.26. The summed E-state index contributed by atoms with van der Waals surface area (Å²) in [4.78, 5) is 5.63. The van der Waals surface area contributed by atoms with Crippen LogP contribution in [-0.4, -0.2) is 10.1 Å². The molecule has 1 aromatic carbocycles. The molecule has 2 aromatic rings. The fraction of sp³-hybridized carbons (Fsp3) is 0.400. The van der Waals surface area contributed by atoms with Gasteiger partial charge in [0, 0.05) is 17.2 Å². The molecule has 104 valence electrons. The van der Waals surface area contributed by atoms with Gasteiger partial charge in [0.05, 0.1) is 11.8 Å². The van der Waals surface area contributed by atoms with E-state index < -0.39 is 0 Å². The van der Waals surface area contributed by atoms with Gasteiger partial charge in [-0.25, -0.2) is 0 Å². The maximum absolute atomic E-state index is 8.58. The Kier molecular flexibility index (Phi) is 5.19. The summed E-state index contributed by atoms with van der Waals surface area (Å²) in [6.45, 7) is 4.09. The first kappa shape index (κ1) is 14.6. The van der Waals surface area contributed by atoms with Crippen molar-refractivity contribution in [3.05, 3.63) is 41.5 Å². The molecule has 0 aliphatic rings. The molecule has 0 fully saturated rings. The molecule has 20 heavy (non-hydrogen) atoms. The number of thioether (sulfide) groups is 1. The van der Waals surface area contributed by atoms with Crippen LogP contribution in [0.5, 0.6) is 0 Å². The van der Waals surface area contributed by atoms with Crippen LogP contribution in [0.25, 0.3) is 0 Å². The maximum atomic E-state index is 8.58. The number of aryl methyl sites for hydroxylation is 1. The molecule has 5 heteroatoms. The van der Waals surface area contributed by atoms with Crippen molar-refractivity contribution in [2.24, 2.45) is 0 Å². The quantitative estimate of drug-likeness (QED) is 0.749. The highest BCUT2D eigenvalue weighted by Gasteiger charge is 2.14. The van der Waals surface area contributed by atoms with E-state index in [2.05, 4.69) is 35.3 Å². The van der Waals surface area contributed by atoms with Crippen LogP contribution in [0, 0.1) is 18.3 Å². The molecule has 0 saturated heterocycles. The number of aromatic nitrogens is 2. The van der Waals surface area contributed by atoms with Crippen LogP contribution in [-0.2, 0) is 5.75 Å². The Balaban J connectivity index is 1.93. The standard InChI is InChI=1S/C15H17N3OS/c1-11-6-3-4-8-13(11)20-10-14-17-15(19-18-14)12(2)7-5-9-16/h3-4,6,8,12H,5,7,10H2,1-2H3. The second-order valence-electron chi connectivity index (χ2n) is 4.70. The molecular weight excluding hydrogens is 270 g/mol. The van der Waals surface area contributed by atoms with Crippen molar-refractivity contribution in [1.82, 2.24) is 10.1 Å². The molecule has 1 atom stereocenters. The molecule has 2 rings (SSSR count). The molecule has 1 heterocycles. The first-order valence-corrected chi connectivity index (χ1v) is 7.57. The fourth-order valence-corrected chi connectivity index (χ4v) is 2.66. The predicted octanol–water partition coefficient (Wildman–Crippen LogP) is 4.08. The van der Waals surface area contributed by atoms with Crippen LogP contribution in [0.1, 0.15) is 43.0 Å². The minimum absolute atomic E-state index is 0.138. The van der Waals surface area contributed by atoms with Crippen molar-refractivity contribution in [2.75, 3.05) is 0 Å². The van der Waals surface area contributed by atoms with Gasteiger partial charge < -0.3 is 4.52 Å². The van der Waals surface area contributed by atoms with E-state index in [1.54, 1.807) is 11.8 Å². The molecule has 0 aliphatic carbocycles. The predicted molar refractivity (Wildman–Crippen MR) is 78.3 cm³/mol. The third-order valence-corrected chi connectivity index (χ3v) is 4.22. The van der Waals surface area contributed by atoms with Crippen LogP contribution in [0.2, 0.25) is 0 Å². The highest BCUT2D eigenvalue weighted by atomic mass is 32.2. The highest BCUT2D eigenvalue weighted by Crippen LogP contribution is 2.25. The number of nitriles is 1. The van der Waals surface area contributed by atoms with E-state index in [9.17, 15) is 0 Å². The summed E-state index contributed by atoms with van der Waals surface area (Å²) in [5.41, 5.74) is 1.25. The molecule has 0 radical (unpaired) electrons. The van der Waals surface area contributed by atoms with Gasteiger partial charge in [0.1, 0.15) is 0 Å². The van der Waals surface area contributed by atoms with Crippen LogP contribution >= 0.6 is 11.8 Å². The van der Waals surface area contributed by atoms with Crippen LogP contribution in [0.3, 0.4) is 0 Å². The Labute approximate surface area is 123 Å². The van der Waals surface area contributed by atoms with Crippen LogP contribution in [0.4, 0.5) is 0 Å². The van der Waals surface area contributed by atoms with Gasteiger partial charge in [-0.3, -0.25) is 0 Å². The maximum Gasteiger partial charge on any atom is 0.229 e. The zero-order valence-corrected chi connectivity index (χ0v) is 12.5. The Morgan fingerprint density at radius 1 is 1.40 bits per heavy atom. The summed E-state index contributed by atoms with van der Waals surface area (Å²) in [7, 11) is 0. The summed E-state index contributed by atoms with van der Waals surface area (Å²) in [6, 6.07) is 10.4. The first-order valence-electron chi connectivity index (χ1n) is 6.58. The second kappa shape index (κ2) is 7.11. The van der Waals surface area contributed by atoms with E-state index in [1.165, 1.54) is 10.5 Å². The van der Waals surface area contributed by atoms with Crippen LogP contribution < -0.4 is 0 Å². The topological polar surface area (TPSA) is 62.7 Å². The highest BCUT2D eigenvalue weighted by molar-refractivity contribution is 7.98. The summed E-state index contributed by atoms with van der Waals surface area (Å²) in [5.74, 6) is 2.16. The van der Waals surface area contributed by atoms with E-state index in [0.717, 1.165) is 6.42 Å².